The topological polar surface area (TPSA) is 143 Å². The van der Waals surface area contributed by atoms with E-state index in [-0.39, 0.29) is 34.0 Å². The third-order valence-corrected chi connectivity index (χ3v) is 7.15. The molecule has 2 N–H and O–H groups in total. The molecule has 0 spiro atoms. The number of anilines is 1. The van der Waals surface area contributed by atoms with Crippen molar-refractivity contribution in [1.29, 1.82) is 0 Å². The van der Waals surface area contributed by atoms with Gasteiger partial charge in [-0.25, -0.2) is 18.2 Å². The second kappa shape index (κ2) is 9.88. The summed E-state index contributed by atoms with van der Waals surface area (Å²) in [4.78, 5) is 28.0. The number of hydrogen-bond acceptors (Lipinski definition) is 8. The molecule has 0 aliphatic carbocycles. The summed E-state index contributed by atoms with van der Waals surface area (Å²) in [6, 6.07) is 14.3. The number of benzene rings is 3. The molecule has 1 aliphatic heterocycles. The number of carbonyl (C=O) groups is 1. The molecule has 0 bridgehead atoms. The van der Waals surface area contributed by atoms with Crippen molar-refractivity contribution in [2.45, 2.75) is 24.7 Å². The molecule has 208 valence electrons. The van der Waals surface area contributed by atoms with Crippen LogP contribution in [0.15, 0.2) is 70.4 Å². The van der Waals surface area contributed by atoms with Crippen LogP contribution in [0, 0.1) is 0 Å². The lowest BCUT2D eigenvalue weighted by Crippen LogP contribution is -2.37. The minimum atomic E-state index is -3.93. The molecule has 4 aromatic rings. The molecule has 0 atom stereocenters. The van der Waals surface area contributed by atoms with Crippen LogP contribution in [0.2, 0.25) is 0 Å². The first-order valence-electron chi connectivity index (χ1n) is 11.8. The molecule has 5 rings (SSSR count). The maximum Gasteiger partial charge on any atom is 0.586 e. The van der Waals surface area contributed by atoms with Gasteiger partial charge in [0.05, 0.1) is 23.1 Å². The molecular weight excluding hydrogens is 550 g/mol. The Kier molecular flexibility index (Phi) is 6.67. The summed E-state index contributed by atoms with van der Waals surface area (Å²) in [5.74, 6) is -0.555. The van der Waals surface area contributed by atoms with Crippen LogP contribution in [0.1, 0.15) is 6.92 Å². The standard InChI is InChI=1S/C26H22F2N4O7S/c1-3-31(16-6-11-21-22(12-16)39-26(27,28)38-21)23(33)14-32-25(34)20-13-17(37-2)7-10-19(20)24(30-32)15-4-8-18(9-5-15)40(29,35)36/h4-13H,3,14H2,1-2H3,(H2,29,35,36). The second-order valence-electron chi connectivity index (χ2n) is 8.73. The van der Waals surface area contributed by atoms with Crippen molar-refractivity contribution in [3.05, 3.63) is 71.0 Å². The molecule has 0 radical (unpaired) electrons. The van der Waals surface area contributed by atoms with Gasteiger partial charge < -0.3 is 19.1 Å². The van der Waals surface area contributed by atoms with Crippen LogP contribution in [0.4, 0.5) is 14.5 Å². The van der Waals surface area contributed by atoms with Crippen LogP contribution < -0.4 is 29.8 Å². The van der Waals surface area contributed by atoms with Crippen LogP contribution in [-0.2, 0) is 21.4 Å². The van der Waals surface area contributed by atoms with Crippen molar-refractivity contribution < 1.29 is 36.2 Å². The van der Waals surface area contributed by atoms with Crippen LogP contribution in [0.25, 0.3) is 22.0 Å². The zero-order chi connectivity index (χ0) is 28.8. The molecule has 2 heterocycles. The normalized spacial score (nSPS) is 13.8. The van der Waals surface area contributed by atoms with Gasteiger partial charge in [0.15, 0.2) is 11.5 Å². The van der Waals surface area contributed by atoms with Gasteiger partial charge in [0.1, 0.15) is 12.3 Å². The zero-order valence-electron chi connectivity index (χ0n) is 21.1. The van der Waals surface area contributed by atoms with Crippen molar-refractivity contribution in [2.75, 3.05) is 18.6 Å². The van der Waals surface area contributed by atoms with E-state index in [0.29, 0.717) is 22.4 Å². The number of rotatable bonds is 7. The molecule has 3 aromatic carbocycles. The highest BCUT2D eigenvalue weighted by atomic mass is 32.2. The average Bonchev–Trinajstić information content (AvgIpc) is 3.23. The fourth-order valence-corrected chi connectivity index (χ4v) is 4.85. The monoisotopic (exact) mass is 572 g/mol. The number of aromatic nitrogens is 2. The Morgan fingerprint density at radius 2 is 1.75 bits per heavy atom. The van der Waals surface area contributed by atoms with Gasteiger partial charge in [-0.2, -0.15) is 5.10 Å². The largest absolute Gasteiger partial charge is 0.586 e. The van der Waals surface area contributed by atoms with Gasteiger partial charge in [0, 0.05) is 29.2 Å². The van der Waals surface area contributed by atoms with E-state index in [9.17, 15) is 26.8 Å². The highest BCUT2D eigenvalue weighted by Gasteiger charge is 2.43. The Hall–Kier alpha value is -4.56. The number of alkyl halides is 2. The molecule has 0 saturated heterocycles. The molecule has 11 nitrogen and oxygen atoms in total. The van der Waals surface area contributed by atoms with E-state index < -0.39 is 34.3 Å². The Balaban J connectivity index is 1.56. The van der Waals surface area contributed by atoms with Gasteiger partial charge in [-0.15, -0.1) is 8.78 Å². The third-order valence-electron chi connectivity index (χ3n) is 6.22. The summed E-state index contributed by atoms with van der Waals surface area (Å²) < 4.78 is 65.5. The van der Waals surface area contributed by atoms with Crippen molar-refractivity contribution in [1.82, 2.24) is 9.78 Å². The molecule has 0 saturated carbocycles. The number of ether oxygens (including phenoxy) is 3. The molecule has 40 heavy (non-hydrogen) atoms. The maximum atomic E-state index is 13.5. The molecule has 1 aromatic heterocycles. The van der Waals surface area contributed by atoms with E-state index in [1.165, 1.54) is 60.5 Å². The number of amides is 1. The first-order chi connectivity index (χ1) is 18.9. The maximum absolute atomic E-state index is 13.5. The highest BCUT2D eigenvalue weighted by molar-refractivity contribution is 7.89. The number of halogens is 2. The quantitative estimate of drug-likeness (QED) is 0.356. The number of nitrogens with zero attached hydrogens (tertiary/aromatic N) is 3. The smallest absolute Gasteiger partial charge is 0.497 e. The predicted octanol–water partition coefficient (Wildman–Crippen LogP) is 3.09. The van der Waals surface area contributed by atoms with E-state index >= 15 is 0 Å². The summed E-state index contributed by atoms with van der Waals surface area (Å²) in [5, 5.41) is 10.3. The van der Waals surface area contributed by atoms with Gasteiger partial charge in [0.2, 0.25) is 15.9 Å². The molecule has 0 fully saturated rings. The predicted molar refractivity (Wildman–Crippen MR) is 140 cm³/mol. The Labute approximate surface area is 226 Å². The summed E-state index contributed by atoms with van der Waals surface area (Å²) in [5.41, 5.74) is 0.447. The third kappa shape index (κ3) is 5.05. The lowest BCUT2D eigenvalue weighted by molar-refractivity contribution is -0.286. The summed E-state index contributed by atoms with van der Waals surface area (Å²) in [6.07, 6.45) is -3.81. The van der Waals surface area contributed by atoms with E-state index in [4.69, 9.17) is 9.88 Å². The molecule has 0 unspecified atom stereocenters. The van der Waals surface area contributed by atoms with Gasteiger partial charge in [-0.05, 0) is 49.4 Å². The van der Waals surface area contributed by atoms with Crippen LogP contribution in [0.5, 0.6) is 17.2 Å². The van der Waals surface area contributed by atoms with E-state index in [1.54, 1.807) is 19.1 Å². The molecule has 1 amide bonds. The van der Waals surface area contributed by atoms with Gasteiger partial charge in [0.25, 0.3) is 5.56 Å². The Morgan fingerprint density at radius 3 is 2.40 bits per heavy atom. The van der Waals surface area contributed by atoms with Gasteiger partial charge >= 0.3 is 6.29 Å². The minimum absolute atomic E-state index is 0.106. The summed E-state index contributed by atoms with van der Waals surface area (Å²) >= 11 is 0. The number of nitrogens with two attached hydrogens (primary N) is 1. The minimum Gasteiger partial charge on any atom is -0.497 e. The first-order valence-corrected chi connectivity index (χ1v) is 13.4. The highest BCUT2D eigenvalue weighted by Crippen LogP contribution is 2.43. The summed E-state index contributed by atoms with van der Waals surface area (Å²) in [7, 11) is -2.49. The van der Waals surface area contributed by atoms with E-state index in [0.717, 1.165) is 4.68 Å². The van der Waals surface area contributed by atoms with Crippen molar-refractivity contribution >= 4 is 32.4 Å². The number of sulfonamides is 1. The number of likely N-dealkylation sites (N-methyl/N-ethyl adjacent to an activating group) is 1. The number of fused-ring (bicyclic) bond motifs is 2. The SMILES string of the molecule is CCN(C(=O)Cn1nc(-c2ccc(S(N)(=O)=O)cc2)c2ccc(OC)cc2c1=O)c1ccc2c(c1)OC(F)(F)O2. The van der Waals surface area contributed by atoms with Crippen LogP contribution >= 0.6 is 0 Å². The van der Waals surface area contributed by atoms with Gasteiger partial charge in [-0.1, -0.05) is 12.1 Å². The van der Waals surface area contributed by atoms with E-state index in [1.807, 2.05) is 0 Å². The number of primary sulfonamides is 1. The number of methoxy groups -OCH3 is 1. The molecule has 14 heteroatoms. The van der Waals surface area contributed by atoms with E-state index in [2.05, 4.69) is 14.6 Å². The number of hydrogen-bond donors (Lipinski definition) is 1. The molecule has 1 aliphatic rings. The van der Waals surface area contributed by atoms with Crippen molar-refractivity contribution in [3.63, 3.8) is 0 Å². The zero-order valence-corrected chi connectivity index (χ0v) is 21.9. The van der Waals surface area contributed by atoms with Crippen molar-refractivity contribution in [2.24, 2.45) is 5.14 Å². The first kappa shape index (κ1) is 27.0. The fourth-order valence-electron chi connectivity index (χ4n) is 4.34. The second-order valence-corrected chi connectivity index (χ2v) is 10.3. The van der Waals surface area contributed by atoms with Gasteiger partial charge in [-0.3, -0.25) is 9.59 Å². The van der Waals surface area contributed by atoms with Crippen LogP contribution in [0.3, 0.4) is 0 Å². The lowest BCUT2D eigenvalue weighted by Gasteiger charge is -2.22. The average molecular weight is 573 g/mol. The van der Waals surface area contributed by atoms with Crippen molar-refractivity contribution in [3.8, 4) is 28.5 Å². The molecular formula is C26H22F2N4O7S. The Bertz CT molecular complexity index is 1810. The fraction of sp³-hybridized carbons (Fsp3) is 0.192. The number of carbonyl (C=O) groups excluding carboxylic acids is 1. The summed E-state index contributed by atoms with van der Waals surface area (Å²) in [6.45, 7) is 1.33. The Morgan fingerprint density at radius 1 is 1.05 bits per heavy atom. The lowest BCUT2D eigenvalue weighted by atomic mass is 10.0. The van der Waals surface area contributed by atoms with Crippen LogP contribution in [-0.4, -0.2) is 44.1 Å².